The van der Waals surface area contributed by atoms with Crippen LogP contribution in [0.2, 0.25) is 0 Å². The van der Waals surface area contributed by atoms with E-state index < -0.39 is 5.41 Å². The molecule has 2 aliphatic rings. The summed E-state index contributed by atoms with van der Waals surface area (Å²) in [6.07, 6.45) is 2.88. The van der Waals surface area contributed by atoms with Gasteiger partial charge in [-0.05, 0) is 31.1 Å². The van der Waals surface area contributed by atoms with Crippen molar-refractivity contribution in [3.63, 3.8) is 0 Å². The summed E-state index contributed by atoms with van der Waals surface area (Å²) < 4.78 is 5.00. The second-order valence-electron chi connectivity index (χ2n) is 5.65. The Morgan fingerprint density at radius 2 is 2.19 bits per heavy atom. The molecule has 0 aliphatic heterocycles. The minimum atomic E-state index is -0.427. The van der Waals surface area contributed by atoms with Crippen LogP contribution in [0.25, 0.3) is 0 Å². The molecular weight excluding hydrogens is 204 g/mol. The van der Waals surface area contributed by atoms with Crippen molar-refractivity contribution in [2.45, 2.75) is 46.5 Å². The van der Waals surface area contributed by atoms with Crippen LogP contribution in [0.4, 0.5) is 0 Å². The van der Waals surface area contributed by atoms with Gasteiger partial charge in [0.05, 0.1) is 13.0 Å². The third kappa shape index (κ3) is 1.33. The first kappa shape index (κ1) is 11.6. The summed E-state index contributed by atoms with van der Waals surface area (Å²) in [6, 6.07) is 0. The van der Waals surface area contributed by atoms with Crippen molar-refractivity contribution in [3.05, 3.63) is 0 Å². The lowest BCUT2D eigenvalue weighted by atomic mass is 9.67. The zero-order valence-electron chi connectivity index (χ0n) is 10.3. The first-order chi connectivity index (χ1) is 7.44. The fraction of sp³-hybridized carbons (Fsp3) is 0.846. The van der Waals surface area contributed by atoms with E-state index in [-0.39, 0.29) is 23.6 Å². The second kappa shape index (κ2) is 3.57. The van der Waals surface area contributed by atoms with E-state index in [0.29, 0.717) is 18.9 Å². The summed E-state index contributed by atoms with van der Waals surface area (Å²) in [5.41, 5.74) is -0.458. The second-order valence-corrected chi connectivity index (χ2v) is 5.65. The average Bonchev–Trinajstić information content (AvgIpc) is 2.51. The number of rotatable bonds is 3. The van der Waals surface area contributed by atoms with Crippen molar-refractivity contribution < 1.29 is 14.3 Å². The first-order valence-electron chi connectivity index (χ1n) is 6.13. The number of Topliss-reactive ketones (excluding diaryl/α,β-unsaturated/α-hetero) is 1. The van der Waals surface area contributed by atoms with Gasteiger partial charge in [0.25, 0.3) is 0 Å². The fourth-order valence-corrected chi connectivity index (χ4v) is 3.64. The van der Waals surface area contributed by atoms with E-state index in [1.807, 2.05) is 0 Å². The molecule has 0 saturated heterocycles. The van der Waals surface area contributed by atoms with Crippen molar-refractivity contribution >= 4 is 11.8 Å². The topological polar surface area (TPSA) is 43.4 Å². The summed E-state index contributed by atoms with van der Waals surface area (Å²) in [7, 11) is 0. The van der Waals surface area contributed by atoms with Crippen LogP contribution in [0, 0.1) is 16.7 Å². The monoisotopic (exact) mass is 224 g/mol. The van der Waals surface area contributed by atoms with E-state index in [4.69, 9.17) is 4.74 Å². The van der Waals surface area contributed by atoms with Gasteiger partial charge in [0.1, 0.15) is 5.78 Å². The Balaban J connectivity index is 2.22. The molecule has 2 atom stereocenters. The molecule has 16 heavy (non-hydrogen) atoms. The summed E-state index contributed by atoms with van der Waals surface area (Å²) in [6.45, 7) is 6.46. The van der Waals surface area contributed by atoms with Crippen molar-refractivity contribution in [1.82, 2.24) is 0 Å². The van der Waals surface area contributed by atoms with Crippen LogP contribution in [-0.4, -0.2) is 18.4 Å². The molecule has 2 aliphatic carbocycles. The maximum atomic E-state index is 12.1. The number of carbonyl (C=O) groups excluding carboxylic acids is 2. The highest BCUT2D eigenvalue weighted by molar-refractivity contribution is 5.93. The van der Waals surface area contributed by atoms with Crippen LogP contribution in [0.3, 0.4) is 0 Å². The average molecular weight is 224 g/mol. The summed E-state index contributed by atoms with van der Waals surface area (Å²) in [4.78, 5) is 23.7. The number of hydrogen-bond donors (Lipinski definition) is 0. The number of fused-ring (bicyclic) bond motifs is 2. The number of esters is 1. The molecule has 3 heteroatoms. The van der Waals surface area contributed by atoms with Gasteiger partial charge in [-0.15, -0.1) is 0 Å². The van der Waals surface area contributed by atoms with Crippen LogP contribution in [-0.2, 0) is 14.3 Å². The normalized spacial score (nSPS) is 35.4. The number of ether oxygens (including phenoxy) is 1. The standard InChI is InChI=1S/C13H20O3/c1-4-16-11(15)8-13-6-5-9(7-10(13)14)12(13,2)3/h9H,4-8H2,1-3H3/t9-,13+/m0/s1. The quantitative estimate of drug-likeness (QED) is 0.691. The Bertz CT molecular complexity index is 332. The molecule has 0 spiro atoms. The Labute approximate surface area is 96.5 Å². The van der Waals surface area contributed by atoms with Crippen molar-refractivity contribution in [2.75, 3.05) is 6.61 Å². The molecule has 2 bridgehead atoms. The molecule has 0 aromatic rings. The molecule has 0 aromatic carbocycles. The van der Waals surface area contributed by atoms with Gasteiger partial charge in [-0.25, -0.2) is 0 Å². The summed E-state index contributed by atoms with van der Waals surface area (Å²) >= 11 is 0. The highest BCUT2D eigenvalue weighted by Crippen LogP contribution is 2.65. The Morgan fingerprint density at radius 1 is 1.50 bits per heavy atom. The van der Waals surface area contributed by atoms with Crippen LogP contribution in [0.1, 0.15) is 46.5 Å². The summed E-state index contributed by atoms with van der Waals surface area (Å²) in [5.74, 6) is 0.530. The smallest absolute Gasteiger partial charge is 0.306 e. The number of hydrogen-bond acceptors (Lipinski definition) is 3. The molecule has 2 fully saturated rings. The van der Waals surface area contributed by atoms with Gasteiger partial charge in [-0.1, -0.05) is 13.8 Å². The third-order valence-electron chi connectivity index (χ3n) is 4.89. The van der Waals surface area contributed by atoms with Crippen LogP contribution < -0.4 is 0 Å². The molecule has 0 aromatic heterocycles. The van der Waals surface area contributed by atoms with Crippen molar-refractivity contribution in [3.8, 4) is 0 Å². The van der Waals surface area contributed by atoms with E-state index in [2.05, 4.69) is 13.8 Å². The highest BCUT2D eigenvalue weighted by atomic mass is 16.5. The van der Waals surface area contributed by atoms with Gasteiger partial charge in [0.15, 0.2) is 0 Å². The molecule has 0 unspecified atom stereocenters. The zero-order valence-corrected chi connectivity index (χ0v) is 10.3. The van der Waals surface area contributed by atoms with Crippen molar-refractivity contribution in [1.29, 1.82) is 0 Å². The number of ketones is 1. The molecule has 0 N–H and O–H groups in total. The lowest BCUT2D eigenvalue weighted by Gasteiger charge is -2.35. The summed E-state index contributed by atoms with van der Waals surface area (Å²) in [5, 5.41) is 0. The van der Waals surface area contributed by atoms with Crippen LogP contribution >= 0.6 is 0 Å². The van der Waals surface area contributed by atoms with Gasteiger partial charge in [0, 0.05) is 11.8 Å². The van der Waals surface area contributed by atoms with Gasteiger partial charge in [-0.3, -0.25) is 9.59 Å². The van der Waals surface area contributed by atoms with E-state index in [9.17, 15) is 9.59 Å². The minimum Gasteiger partial charge on any atom is -0.466 e. The van der Waals surface area contributed by atoms with Gasteiger partial charge in [-0.2, -0.15) is 0 Å². The third-order valence-corrected chi connectivity index (χ3v) is 4.89. The lowest BCUT2D eigenvalue weighted by Crippen LogP contribution is -2.38. The van der Waals surface area contributed by atoms with Gasteiger partial charge in [0.2, 0.25) is 0 Å². The maximum absolute atomic E-state index is 12.1. The molecular formula is C13H20O3. The fourth-order valence-electron chi connectivity index (χ4n) is 3.64. The molecule has 0 heterocycles. The van der Waals surface area contributed by atoms with E-state index >= 15 is 0 Å². The zero-order chi connectivity index (χ0) is 12.0. The van der Waals surface area contributed by atoms with Crippen LogP contribution in [0.5, 0.6) is 0 Å². The van der Waals surface area contributed by atoms with E-state index in [0.717, 1.165) is 12.8 Å². The highest BCUT2D eigenvalue weighted by Gasteiger charge is 2.64. The Kier molecular flexibility index (Phi) is 2.59. The molecule has 0 amide bonds. The lowest BCUT2D eigenvalue weighted by molar-refractivity contribution is -0.151. The van der Waals surface area contributed by atoms with Gasteiger partial charge >= 0.3 is 5.97 Å². The first-order valence-corrected chi connectivity index (χ1v) is 6.13. The van der Waals surface area contributed by atoms with E-state index in [1.54, 1.807) is 6.92 Å². The SMILES string of the molecule is CCOC(=O)C[C@]12CC[C@@H](CC1=O)C2(C)C. The molecule has 3 nitrogen and oxygen atoms in total. The minimum absolute atomic E-state index is 0.0309. The van der Waals surface area contributed by atoms with Gasteiger partial charge < -0.3 is 4.74 Å². The molecule has 2 saturated carbocycles. The molecule has 2 rings (SSSR count). The maximum Gasteiger partial charge on any atom is 0.306 e. The Hall–Kier alpha value is -0.860. The van der Waals surface area contributed by atoms with E-state index in [1.165, 1.54) is 0 Å². The largest absolute Gasteiger partial charge is 0.466 e. The number of carbonyl (C=O) groups is 2. The van der Waals surface area contributed by atoms with Crippen molar-refractivity contribution in [2.24, 2.45) is 16.7 Å². The Morgan fingerprint density at radius 3 is 2.62 bits per heavy atom. The predicted molar refractivity (Wildman–Crippen MR) is 59.8 cm³/mol. The molecule has 90 valence electrons. The van der Waals surface area contributed by atoms with Crippen LogP contribution in [0.15, 0.2) is 0 Å². The molecule has 0 radical (unpaired) electrons. The predicted octanol–water partition coefficient (Wildman–Crippen LogP) is 2.33.